The van der Waals surface area contributed by atoms with E-state index >= 15 is 0 Å². The maximum Gasteiger partial charge on any atom is 0.326 e. The van der Waals surface area contributed by atoms with Crippen LogP contribution in [0.5, 0.6) is 0 Å². The lowest BCUT2D eigenvalue weighted by Gasteiger charge is -2.16. The number of urea groups is 1. The number of nitrogens with one attached hydrogen (secondary N) is 2. The summed E-state index contributed by atoms with van der Waals surface area (Å²) < 4.78 is 0. The number of likely N-dealkylation sites (tertiary alicyclic amines) is 1. The van der Waals surface area contributed by atoms with Gasteiger partial charge in [0.05, 0.1) is 0 Å². The minimum atomic E-state index is -0.937. The number of nitrogens with zero attached hydrogens (tertiary/aromatic N) is 1. The molecule has 2 rings (SSSR count). The first kappa shape index (κ1) is 13.1. The van der Waals surface area contributed by atoms with E-state index in [0.29, 0.717) is 12.5 Å². The van der Waals surface area contributed by atoms with Gasteiger partial charge in [-0.3, -0.25) is 0 Å². The summed E-state index contributed by atoms with van der Waals surface area (Å²) in [5.41, 5.74) is 0. The number of hydrogen-bond acceptors (Lipinski definition) is 3. The summed E-state index contributed by atoms with van der Waals surface area (Å²) in [5.74, 6) is -0.343. The van der Waals surface area contributed by atoms with Crippen LogP contribution in [0.1, 0.15) is 19.3 Å². The molecule has 2 unspecified atom stereocenters. The van der Waals surface area contributed by atoms with Crippen LogP contribution in [-0.4, -0.2) is 54.7 Å². The first-order chi connectivity index (χ1) is 8.56. The van der Waals surface area contributed by atoms with Gasteiger partial charge in [-0.15, -0.1) is 0 Å². The molecule has 6 heteroatoms. The van der Waals surface area contributed by atoms with Crippen molar-refractivity contribution in [1.82, 2.24) is 15.5 Å². The van der Waals surface area contributed by atoms with Crippen molar-refractivity contribution in [2.75, 3.05) is 26.7 Å². The molecule has 0 radical (unpaired) electrons. The highest BCUT2D eigenvalue weighted by atomic mass is 16.4. The quantitative estimate of drug-likeness (QED) is 0.651. The summed E-state index contributed by atoms with van der Waals surface area (Å²) in [7, 11) is 2.06. The molecule has 102 valence electrons. The van der Waals surface area contributed by atoms with Crippen molar-refractivity contribution in [2.45, 2.75) is 25.3 Å². The van der Waals surface area contributed by atoms with E-state index < -0.39 is 12.0 Å². The average molecular weight is 255 g/mol. The van der Waals surface area contributed by atoms with E-state index in [9.17, 15) is 9.59 Å². The largest absolute Gasteiger partial charge is 0.480 e. The van der Waals surface area contributed by atoms with Crippen LogP contribution >= 0.6 is 0 Å². The summed E-state index contributed by atoms with van der Waals surface area (Å²) in [6.45, 7) is 2.67. The zero-order valence-corrected chi connectivity index (χ0v) is 10.7. The second-order valence-electron chi connectivity index (χ2n) is 5.42. The highest BCUT2D eigenvalue weighted by Crippen LogP contribution is 2.32. The van der Waals surface area contributed by atoms with E-state index in [1.54, 1.807) is 0 Å². The number of carbonyl (C=O) groups excluding carboxylic acids is 1. The van der Waals surface area contributed by atoms with Gasteiger partial charge in [-0.1, -0.05) is 0 Å². The molecule has 0 bridgehead atoms. The average Bonchev–Trinajstić information content (AvgIpc) is 3.06. The Balaban J connectivity index is 1.69. The van der Waals surface area contributed by atoms with Gasteiger partial charge < -0.3 is 20.6 Å². The van der Waals surface area contributed by atoms with Crippen LogP contribution in [-0.2, 0) is 4.79 Å². The second kappa shape index (κ2) is 5.56. The van der Waals surface area contributed by atoms with Crippen LogP contribution in [0, 0.1) is 11.8 Å². The molecule has 1 aliphatic heterocycles. The number of aliphatic carboxylic acids is 1. The van der Waals surface area contributed by atoms with Crippen molar-refractivity contribution >= 4 is 12.0 Å². The maximum absolute atomic E-state index is 11.6. The van der Waals surface area contributed by atoms with E-state index in [4.69, 9.17) is 5.11 Å². The molecule has 2 atom stereocenters. The lowest BCUT2D eigenvalue weighted by molar-refractivity contribution is -0.139. The van der Waals surface area contributed by atoms with Crippen molar-refractivity contribution < 1.29 is 14.7 Å². The molecule has 1 heterocycles. The molecule has 0 spiro atoms. The minimum absolute atomic E-state index is 0.117. The molecule has 1 saturated carbocycles. The first-order valence-electron chi connectivity index (χ1n) is 6.52. The Hall–Kier alpha value is -1.30. The standard InChI is InChI=1S/C12H21N3O3/c1-15-5-4-8(7-15)6-13-12(18)14-10(11(16)17)9-2-3-9/h8-10H,2-7H2,1H3,(H,16,17)(H2,13,14,18). The summed E-state index contributed by atoms with van der Waals surface area (Å²) in [4.78, 5) is 24.8. The number of hydrogen-bond donors (Lipinski definition) is 3. The van der Waals surface area contributed by atoms with Crippen LogP contribution in [0.4, 0.5) is 4.79 Å². The zero-order valence-electron chi connectivity index (χ0n) is 10.7. The SMILES string of the molecule is CN1CCC(CNC(=O)NC(C(=O)O)C2CC2)C1. The highest BCUT2D eigenvalue weighted by Gasteiger charge is 2.37. The Morgan fingerprint density at radius 3 is 2.61 bits per heavy atom. The van der Waals surface area contributed by atoms with Crippen molar-refractivity contribution in [2.24, 2.45) is 11.8 Å². The van der Waals surface area contributed by atoms with E-state index in [2.05, 4.69) is 22.6 Å². The Bertz CT molecular complexity index is 331. The second-order valence-corrected chi connectivity index (χ2v) is 5.42. The van der Waals surface area contributed by atoms with Crippen LogP contribution in [0.25, 0.3) is 0 Å². The summed E-state index contributed by atoms with van der Waals surface area (Å²) in [6, 6.07) is -1.08. The molecule has 0 aromatic rings. The Morgan fingerprint density at radius 2 is 2.11 bits per heavy atom. The molecule has 1 aliphatic carbocycles. The Morgan fingerprint density at radius 1 is 1.39 bits per heavy atom. The predicted octanol–water partition coefficient (Wildman–Crippen LogP) is 0.101. The summed E-state index contributed by atoms with van der Waals surface area (Å²) in [6.07, 6.45) is 2.87. The topological polar surface area (TPSA) is 81.7 Å². The van der Waals surface area contributed by atoms with Crippen molar-refractivity contribution in [3.63, 3.8) is 0 Å². The van der Waals surface area contributed by atoms with Crippen molar-refractivity contribution in [3.05, 3.63) is 0 Å². The molecule has 0 aromatic heterocycles. The number of amides is 2. The van der Waals surface area contributed by atoms with Gasteiger partial charge in [-0.2, -0.15) is 0 Å². The van der Waals surface area contributed by atoms with Gasteiger partial charge in [0.1, 0.15) is 6.04 Å². The Kier molecular flexibility index (Phi) is 4.06. The zero-order chi connectivity index (χ0) is 13.1. The summed E-state index contributed by atoms with van der Waals surface area (Å²) >= 11 is 0. The molecule has 3 N–H and O–H groups in total. The van der Waals surface area contributed by atoms with E-state index in [1.165, 1.54) is 0 Å². The molecule has 2 amide bonds. The lowest BCUT2D eigenvalue weighted by atomic mass is 10.1. The number of carboxylic acids is 1. The monoisotopic (exact) mass is 255 g/mol. The molecule has 2 fully saturated rings. The number of rotatable bonds is 5. The fourth-order valence-electron chi connectivity index (χ4n) is 2.43. The van der Waals surface area contributed by atoms with Gasteiger partial charge in [0.2, 0.25) is 0 Å². The third kappa shape index (κ3) is 3.60. The van der Waals surface area contributed by atoms with Gasteiger partial charge in [-0.05, 0) is 44.7 Å². The molecular formula is C12H21N3O3. The van der Waals surface area contributed by atoms with Gasteiger partial charge in [0, 0.05) is 13.1 Å². The fourth-order valence-corrected chi connectivity index (χ4v) is 2.43. The van der Waals surface area contributed by atoms with E-state index in [1.807, 2.05) is 0 Å². The first-order valence-corrected chi connectivity index (χ1v) is 6.52. The normalized spacial score (nSPS) is 25.7. The number of carboxylic acid groups (broad SMARTS) is 1. The molecule has 1 saturated heterocycles. The predicted molar refractivity (Wildman–Crippen MR) is 66.3 cm³/mol. The van der Waals surface area contributed by atoms with E-state index in [-0.39, 0.29) is 11.9 Å². The molecule has 0 aromatic carbocycles. The minimum Gasteiger partial charge on any atom is -0.480 e. The number of carbonyl (C=O) groups is 2. The fraction of sp³-hybridized carbons (Fsp3) is 0.833. The van der Waals surface area contributed by atoms with Crippen molar-refractivity contribution in [3.8, 4) is 0 Å². The van der Waals surface area contributed by atoms with E-state index in [0.717, 1.165) is 32.4 Å². The van der Waals surface area contributed by atoms with Crippen LogP contribution in [0.15, 0.2) is 0 Å². The third-order valence-corrected chi connectivity index (χ3v) is 3.69. The van der Waals surface area contributed by atoms with Gasteiger partial charge in [-0.25, -0.2) is 9.59 Å². The van der Waals surface area contributed by atoms with Gasteiger partial charge in [0.15, 0.2) is 0 Å². The third-order valence-electron chi connectivity index (χ3n) is 3.69. The molecule has 6 nitrogen and oxygen atoms in total. The van der Waals surface area contributed by atoms with Crippen molar-refractivity contribution in [1.29, 1.82) is 0 Å². The lowest BCUT2D eigenvalue weighted by Crippen LogP contribution is -2.48. The summed E-state index contributed by atoms with van der Waals surface area (Å²) in [5, 5.41) is 14.3. The smallest absolute Gasteiger partial charge is 0.326 e. The molecule has 2 aliphatic rings. The maximum atomic E-state index is 11.6. The van der Waals surface area contributed by atoms with Gasteiger partial charge in [0.25, 0.3) is 0 Å². The van der Waals surface area contributed by atoms with Crippen LogP contribution in [0.3, 0.4) is 0 Å². The van der Waals surface area contributed by atoms with Crippen LogP contribution < -0.4 is 10.6 Å². The van der Waals surface area contributed by atoms with Crippen LogP contribution in [0.2, 0.25) is 0 Å². The van der Waals surface area contributed by atoms with Gasteiger partial charge >= 0.3 is 12.0 Å². The molecule has 18 heavy (non-hydrogen) atoms. The highest BCUT2D eigenvalue weighted by molar-refractivity contribution is 5.83. The molecular weight excluding hydrogens is 234 g/mol. The Labute approximate surface area is 107 Å².